The second kappa shape index (κ2) is 4.38. The molecule has 1 aromatic heterocycles. The first-order valence-corrected chi connectivity index (χ1v) is 6.49. The fourth-order valence-corrected chi connectivity index (χ4v) is 2.60. The fraction of sp³-hybridized carbons (Fsp3) is 0.417. The van der Waals surface area contributed by atoms with Gasteiger partial charge < -0.3 is 9.72 Å². The summed E-state index contributed by atoms with van der Waals surface area (Å²) < 4.78 is 20.0. The molecule has 1 aliphatic rings. The SMILES string of the molecule is Fc1cc(Br)cc2[nH]c(C3CCCCO3)nc12. The molecule has 1 aliphatic heterocycles. The number of H-pyrrole nitrogens is 1. The zero-order valence-corrected chi connectivity index (χ0v) is 10.8. The minimum absolute atomic E-state index is 0.0191. The Kier molecular flexibility index (Phi) is 2.88. The van der Waals surface area contributed by atoms with E-state index in [2.05, 4.69) is 25.9 Å². The summed E-state index contributed by atoms with van der Waals surface area (Å²) in [6.07, 6.45) is 3.15. The van der Waals surface area contributed by atoms with Gasteiger partial charge in [-0.05, 0) is 31.4 Å². The van der Waals surface area contributed by atoms with E-state index in [0.29, 0.717) is 15.5 Å². The molecule has 0 spiro atoms. The van der Waals surface area contributed by atoms with Crippen LogP contribution in [0.2, 0.25) is 0 Å². The summed E-state index contributed by atoms with van der Waals surface area (Å²) in [5, 5.41) is 0. The third kappa shape index (κ3) is 2.09. The van der Waals surface area contributed by atoms with Gasteiger partial charge in [-0.1, -0.05) is 15.9 Å². The summed E-state index contributed by atoms with van der Waals surface area (Å²) in [4.78, 5) is 7.44. The van der Waals surface area contributed by atoms with E-state index in [4.69, 9.17) is 4.74 Å². The van der Waals surface area contributed by atoms with Crippen molar-refractivity contribution in [3.63, 3.8) is 0 Å². The van der Waals surface area contributed by atoms with Gasteiger partial charge in [0.05, 0.1) is 5.52 Å². The molecule has 17 heavy (non-hydrogen) atoms. The van der Waals surface area contributed by atoms with E-state index >= 15 is 0 Å². The minimum atomic E-state index is -0.312. The summed E-state index contributed by atoms with van der Waals surface area (Å²) >= 11 is 3.27. The van der Waals surface area contributed by atoms with E-state index in [1.54, 1.807) is 0 Å². The molecule has 2 aromatic rings. The Hall–Kier alpha value is -0.940. The Balaban J connectivity index is 2.03. The normalized spacial score (nSPS) is 20.9. The first-order chi connectivity index (χ1) is 8.24. The zero-order valence-electron chi connectivity index (χ0n) is 9.17. The Bertz CT molecular complexity index is 549. The Labute approximate surface area is 107 Å². The molecule has 1 aromatic carbocycles. The van der Waals surface area contributed by atoms with Crippen molar-refractivity contribution < 1.29 is 9.13 Å². The van der Waals surface area contributed by atoms with Crippen molar-refractivity contribution in [1.29, 1.82) is 0 Å². The van der Waals surface area contributed by atoms with Crippen LogP contribution >= 0.6 is 15.9 Å². The average molecular weight is 299 g/mol. The van der Waals surface area contributed by atoms with E-state index < -0.39 is 0 Å². The van der Waals surface area contributed by atoms with Gasteiger partial charge in [0, 0.05) is 11.1 Å². The predicted octanol–water partition coefficient (Wildman–Crippen LogP) is 3.71. The molecule has 1 N–H and O–H groups in total. The van der Waals surface area contributed by atoms with Crippen molar-refractivity contribution in [2.24, 2.45) is 0 Å². The van der Waals surface area contributed by atoms with Gasteiger partial charge in [-0.25, -0.2) is 9.37 Å². The van der Waals surface area contributed by atoms with Gasteiger partial charge in [-0.15, -0.1) is 0 Å². The number of hydrogen-bond donors (Lipinski definition) is 1. The highest BCUT2D eigenvalue weighted by molar-refractivity contribution is 9.10. The third-order valence-electron chi connectivity index (χ3n) is 3.01. The van der Waals surface area contributed by atoms with Gasteiger partial charge in [-0.2, -0.15) is 0 Å². The van der Waals surface area contributed by atoms with E-state index in [0.717, 1.165) is 31.7 Å². The number of hydrogen-bond acceptors (Lipinski definition) is 2. The van der Waals surface area contributed by atoms with Crippen molar-refractivity contribution >= 4 is 27.0 Å². The van der Waals surface area contributed by atoms with Gasteiger partial charge in [0.15, 0.2) is 5.82 Å². The Morgan fingerprint density at radius 3 is 3.06 bits per heavy atom. The molecule has 1 saturated heterocycles. The summed E-state index contributed by atoms with van der Waals surface area (Å²) in [5.41, 5.74) is 1.10. The van der Waals surface area contributed by atoms with Crippen molar-refractivity contribution in [3.8, 4) is 0 Å². The summed E-state index contributed by atoms with van der Waals surface area (Å²) in [5.74, 6) is 0.421. The molecule has 0 amide bonds. The summed E-state index contributed by atoms with van der Waals surface area (Å²) in [6.45, 7) is 0.758. The number of aromatic nitrogens is 2. The third-order valence-corrected chi connectivity index (χ3v) is 3.47. The quantitative estimate of drug-likeness (QED) is 0.871. The molecule has 0 saturated carbocycles. The van der Waals surface area contributed by atoms with Gasteiger partial charge in [-0.3, -0.25) is 0 Å². The molecular formula is C12H12BrFN2O. The van der Waals surface area contributed by atoms with Crippen LogP contribution in [0.3, 0.4) is 0 Å². The minimum Gasteiger partial charge on any atom is -0.370 e. The van der Waals surface area contributed by atoms with Gasteiger partial charge in [0.2, 0.25) is 0 Å². The zero-order chi connectivity index (χ0) is 11.8. The van der Waals surface area contributed by atoms with Crippen LogP contribution in [-0.4, -0.2) is 16.6 Å². The predicted molar refractivity (Wildman–Crippen MR) is 66.3 cm³/mol. The molecule has 1 fully saturated rings. The first kappa shape index (κ1) is 11.2. The van der Waals surface area contributed by atoms with Gasteiger partial charge in [0.1, 0.15) is 17.4 Å². The smallest absolute Gasteiger partial charge is 0.152 e. The maximum Gasteiger partial charge on any atom is 0.152 e. The summed E-state index contributed by atoms with van der Waals surface area (Å²) in [6, 6.07) is 3.26. The summed E-state index contributed by atoms with van der Waals surface area (Å²) in [7, 11) is 0. The number of nitrogens with one attached hydrogen (secondary N) is 1. The fourth-order valence-electron chi connectivity index (χ4n) is 2.17. The van der Waals surface area contributed by atoms with Crippen LogP contribution in [0.5, 0.6) is 0 Å². The topological polar surface area (TPSA) is 37.9 Å². The standard InChI is InChI=1S/C12H12BrFN2O/c13-7-5-8(14)11-9(6-7)15-12(16-11)10-3-1-2-4-17-10/h5-6,10H,1-4H2,(H,15,16). The van der Waals surface area contributed by atoms with Crippen LogP contribution in [-0.2, 0) is 4.74 Å². The van der Waals surface area contributed by atoms with E-state index in [-0.39, 0.29) is 11.9 Å². The highest BCUT2D eigenvalue weighted by atomic mass is 79.9. The molecule has 3 nitrogen and oxygen atoms in total. The van der Waals surface area contributed by atoms with Crippen LogP contribution in [0, 0.1) is 5.82 Å². The van der Waals surface area contributed by atoms with E-state index in [9.17, 15) is 4.39 Å². The molecule has 2 heterocycles. The Morgan fingerprint density at radius 2 is 2.29 bits per heavy atom. The largest absolute Gasteiger partial charge is 0.370 e. The maximum absolute atomic E-state index is 13.7. The number of benzene rings is 1. The highest BCUT2D eigenvalue weighted by Crippen LogP contribution is 2.29. The van der Waals surface area contributed by atoms with Crippen LogP contribution < -0.4 is 0 Å². The lowest BCUT2D eigenvalue weighted by molar-refractivity contribution is 0.0101. The van der Waals surface area contributed by atoms with E-state index in [1.807, 2.05) is 6.07 Å². The molecule has 3 rings (SSSR count). The van der Waals surface area contributed by atoms with E-state index in [1.165, 1.54) is 6.07 Å². The van der Waals surface area contributed by atoms with Crippen LogP contribution in [0.25, 0.3) is 11.0 Å². The molecule has 1 atom stereocenters. The van der Waals surface area contributed by atoms with Gasteiger partial charge >= 0.3 is 0 Å². The maximum atomic E-state index is 13.7. The molecule has 0 bridgehead atoms. The second-order valence-corrected chi connectivity index (χ2v) is 5.18. The number of imidazole rings is 1. The molecule has 5 heteroatoms. The lowest BCUT2D eigenvalue weighted by Crippen LogP contribution is -2.12. The number of rotatable bonds is 1. The number of nitrogens with zero attached hydrogens (tertiary/aromatic N) is 1. The van der Waals surface area contributed by atoms with Crippen LogP contribution in [0.4, 0.5) is 4.39 Å². The van der Waals surface area contributed by atoms with Crippen molar-refractivity contribution in [2.75, 3.05) is 6.61 Å². The lowest BCUT2D eigenvalue weighted by Gasteiger charge is -2.20. The highest BCUT2D eigenvalue weighted by Gasteiger charge is 2.20. The molecule has 1 unspecified atom stereocenters. The van der Waals surface area contributed by atoms with Crippen LogP contribution in [0.1, 0.15) is 31.2 Å². The molecular weight excluding hydrogens is 287 g/mol. The molecule has 90 valence electrons. The Morgan fingerprint density at radius 1 is 1.41 bits per heavy atom. The van der Waals surface area contributed by atoms with Crippen molar-refractivity contribution in [1.82, 2.24) is 9.97 Å². The van der Waals surface area contributed by atoms with Crippen molar-refractivity contribution in [2.45, 2.75) is 25.4 Å². The monoisotopic (exact) mass is 298 g/mol. The van der Waals surface area contributed by atoms with Crippen molar-refractivity contribution in [3.05, 3.63) is 28.2 Å². The molecule has 0 aliphatic carbocycles. The van der Waals surface area contributed by atoms with Gasteiger partial charge in [0.25, 0.3) is 0 Å². The number of aromatic amines is 1. The number of halogens is 2. The number of fused-ring (bicyclic) bond motifs is 1. The first-order valence-electron chi connectivity index (χ1n) is 5.70. The van der Waals surface area contributed by atoms with Crippen LogP contribution in [0.15, 0.2) is 16.6 Å². The lowest BCUT2D eigenvalue weighted by atomic mass is 10.1. The number of ether oxygens (including phenoxy) is 1. The second-order valence-electron chi connectivity index (χ2n) is 4.26. The molecule has 0 radical (unpaired) electrons. The average Bonchev–Trinajstić information content (AvgIpc) is 2.74.